The molecule has 0 unspecified atom stereocenters. The number of alkyl halides is 1. The van der Waals surface area contributed by atoms with Crippen LogP contribution in [0.25, 0.3) is 11.1 Å². The van der Waals surface area contributed by atoms with Crippen molar-refractivity contribution < 1.29 is 22.5 Å². The Morgan fingerprint density at radius 1 is 0.877 bits per heavy atom. The Balaban J connectivity index is 1.05. The number of benzene rings is 5. The van der Waals surface area contributed by atoms with E-state index < -0.39 is 38.1 Å². The largest absolute Gasteiger partial charge is 0.376 e. The van der Waals surface area contributed by atoms with Gasteiger partial charge in [0.05, 0.1) is 9.82 Å². The molecule has 298 valence electrons. The number of halogens is 2. The molecule has 0 aromatic heterocycles. The number of carbonyl (C=O) groups excluding carboxylic acids is 1. The van der Waals surface area contributed by atoms with Gasteiger partial charge >= 0.3 is 0 Å². The summed E-state index contributed by atoms with van der Waals surface area (Å²) in [4.78, 5) is 29.9. The Kier molecular flexibility index (Phi) is 14.6. The van der Waals surface area contributed by atoms with Crippen LogP contribution in [0.2, 0.25) is 5.02 Å². The Labute approximate surface area is 341 Å². The van der Waals surface area contributed by atoms with E-state index in [1.54, 1.807) is 36.0 Å². The zero-order valence-corrected chi connectivity index (χ0v) is 33.5. The highest BCUT2D eigenvalue weighted by molar-refractivity contribution is 7.99. The third-order valence-corrected chi connectivity index (χ3v) is 12.4. The summed E-state index contributed by atoms with van der Waals surface area (Å²) in [5, 5.41) is 19.0. The van der Waals surface area contributed by atoms with Crippen molar-refractivity contribution in [3.05, 3.63) is 148 Å². The molecule has 1 aliphatic heterocycles. The Morgan fingerprint density at radius 2 is 1.58 bits per heavy atom. The maximum absolute atomic E-state index is 13.3. The highest BCUT2D eigenvalue weighted by Crippen LogP contribution is 2.31. The van der Waals surface area contributed by atoms with Crippen LogP contribution in [0.15, 0.2) is 131 Å². The number of carbonyl (C=O) groups is 1. The summed E-state index contributed by atoms with van der Waals surface area (Å²) in [6, 6.07) is 35.8. The first-order valence-electron chi connectivity index (χ1n) is 18.6. The van der Waals surface area contributed by atoms with Crippen molar-refractivity contribution in [2.24, 2.45) is 0 Å². The summed E-state index contributed by atoms with van der Waals surface area (Å²) >= 11 is 7.67. The van der Waals surface area contributed by atoms with Crippen molar-refractivity contribution >= 4 is 56.4 Å². The molecule has 1 heterocycles. The van der Waals surface area contributed by atoms with Crippen molar-refractivity contribution in [2.75, 3.05) is 61.9 Å². The number of piperazine rings is 1. The van der Waals surface area contributed by atoms with E-state index in [9.17, 15) is 27.7 Å². The van der Waals surface area contributed by atoms with Crippen LogP contribution in [0, 0.1) is 10.1 Å². The van der Waals surface area contributed by atoms with Gasteiger partial charge in [0.1, 0.15) is 12.4 Å². The lowest BCUT2D eigenvalue weighted by Crippen LogP contribution is -2.46. The third kappa shape index (κ3) is 11.5. The van der Waals surface area contributed by atoms with Gasteiger partial charge in [-0.05, 0) is 90.3 Å². The molecule has 0 spiro atoms. The lowest BCUT2D eigenvalue weighted by Gasteiger charge is -2.36. The van der Waals surface area contributed by atoms with E-state index in [1.807, 2.05) is 60.7 Å². The molecule has 57 heavy (non-hydrogen) atoms. The fraction of sp³-hybridized carbons (Fsp3) is 0.262. The molecular weight excluding hydrogens is 787 g/mol. The van der Waals surface area contributed by atoms with E-state index in [-0.39, 0.29) is 23.8 Å². The van der Waals surface area contributed by atoms with Gasteiger partial charge in [-0.3, -0.25) is 19.8 Å². The van der Waals surface area contributed by atoms with Gasteiger partial charge in [0, 0.05) is 78.3 Å². The minimum absolute atomic E-state index is 0.132. The minimum Gasteiger partial charge on any atom is -0.376 e. The summed E-state index contributed by atoms with van der Waals surface area (Å²) in [5.74, 6) is -0.306. The molecule has 15 heteroatoms. The first-order chi connectivity index (χ1) is 27.6. The number of nitrogens with zero attached hydrogens (tertiary/aromatic N) is 3. The van der Waals surface area contributed by atoms with Gasteiger partial charge in [0.25, 0.3) is 21.6 Å². The molecule has 6 rings (SSSR count). The van der Waals surface area contributed by atoms with Crippen molar-refractivity contribution in [3.63, 3.8) is 0 Å². The lowest BCUT2D eigenvalue weighted by molar-refractivity contribution is -0.384. The molecule has 1 fully saturated rings. The van der Waals surface area contributed by atoms with Crippen LogP contribution in [-0.2, 0) is 16.6 Å². The second-order valence-electron chi connectivity index (χ2n) is 13.5. The van der Waals surface area contributed by atoms with Gasteiger partial charge in [0.15, 0.2) is 0 Å². The maximum atomic E-state index is 13.3. The average molecular weight is 831 g/mol. The lowest BCUT2D eigenvalue weighted by atomic mass is 9.99. The molecule has 1 atom stereocenters. The predicted molar refractivity (Wildman–Crippen MR) is 227 cm³/mol. The summed E-state index contributed by atoms with van der Waals surface area (Å²) in [6.07, 6.45) is 0.531. The van der Waals surface area contributed by atoms with Gasteiger partial charge < -0.3 is 15.5 Å². The molecule has 5 aromatic rings. The molecule has 5 aromatic carbocycles. The Bertz CT molecular complexity index is 2230. The fourth-order valence-electron chi connectivity index (χ4n) is 6.59. The van der Waals surface area contributed by atoms with Crippen molar-refractivity contribution in [2.45, 2.75) is 28.8 Å². The molecule has 0 aliphatic carbocycles. The molecule has 1 saturated heterocycles. The zero-order chi connectivity index (χ0) is 40.2. The average Bonchev–Trinajstić information content (AvgIpc) is 3.22. The van der Waals surface area contributed by atoms with E-state index in [1.165, 1.54) is 23.3 Å². The van der Waals surface area contributed by atoms with Crippen LogP contribution in [0.4, 0.5) is 21.5 Å². The van der Waals surface area contributed by atoms with Crippen LogP contribution in [0.5, 0.6) is 0 Å². The van der Waals surface area contributed by atoms with Crippen LogP contribution in [0.3, 0.4) is 0 Å². The van der Waals surface area contributed by atoms with E-state index >= 15 is 0 Å². The molecule has 0 radical (unpaired) electrons. The molecule has 3 N–H and O–H groups in total. The number of hydrogen-bond donors (Lipinski definition) is 3. The molecular formula is C42H44ClFN6O5S2. The van der Waals surface area contributed by atoms with Crippen molar-refractivity contribution in [1.82, 2.24) is 14.9 Å². The molecule has 1 amide bonds. The van der Waals surface area contributed by atoms with E-state index in [0.717, 1.165) is 54.9 Å². The molecule has 0 saturated carbocycles. The summed E-state index contributed by atoms with van der Waals surface area (Å²) in [5.41, 5.74) is 4.25. The number of thioether (sulfide) groups is 1. The molecule has 0 bridgehead atoms. The van der Waals surface area contributed by atoms with E-state index in [2.05, 4.69) is 43.4 Å². The van der Waals surface area contributed by atoms with Gasteiger partial charge in [-0.2, -0.15) is 0 Å². The second-order valence-corrected chi connectivity index (χ2v) is 16.8. The standard InChI is InChI=1S/C42H44ClFN6O5S2/c43-34-14-10-31(11-15-34)39-9-5-4-6-33(39)29-48-24-26-49(27-25-48)36-16-12-32(13-17-36)42(51)47-57(54,55)38-18-19-40(41(28-38)50(52)53)46-35(20-22-45-23-21-44)30-56-37-7-2-1-3-8-37/h1-19,28,35,45-46H,20-27,29-30H2,(H,47,51)/t35-/m1/s1. The normalized spacial score (nSPS) is 13.9. The number of nitro groups is 1. The smallest absolute Gasteiger partial charge is 0.293 e. The number of rotatable bonds is 18. The molecule has 1 aliphatic rings. The quantitative estimate of drug-likeness (QED) is 0.0346. The van der Waals surface area contributed by atoms with Gasteiger partial charge in [-0.15, -0.1) is 11.8 Å². The number of anilines is 2. The SMILES string of the molecule is O=C(NS(=O)(=O)c1ccc(N[C@H](CCNCCF)CSc2ccccc2)c([N+](=O)[O-])c1)c1ccc(N2CCN(Cc3ccccc3-c3ccc(Cl)cc3)CC2)cc1. The highest BCUT2D eigenvalue weighted by atomic mass is 35.5. The Morgan fingerprint density at radius 3 is 2.28 bits per heavy atom. The Hall–Kier alpha value is -4.99. The highest BCUT2D eigenvalue weighted by Gasteiger charge is 2.26. The van der Waals surface area contributed by atoms with E-state index in [0.29, 0.717) is 23.7 Å². The summed E-state index contributed by atoms with van der Waals surface area (Å²) in [7, 11) is -4.46. The number of amides is 1. The number of hydrogen-bond acceptors (Lipinski definition) is 10. The predicted octanol–water partition coefficient (Wildman–Crippen LogP) is 7.88. The zero-order valence-electron chi connectivity index (χ0n) is 31.2. The first-order valence-corrected chi connectivity index (χ1v) is 21.4. The first kappa shape index (κ1) is 41.6. The molecule has 11 nitrogen and oxygen atoms in total. The monoisotopic (exact) mass is 830 g/mol. The summed E-state index contributed by atoms with van der Waals surface area (Å²) < 4.78 is 41.4. The van der Waals surface area contributed by atoms with Crippen LogP contribution < -0.4 is 20.3 Å². The van der Waals surface area contributed by atoms with Crippen molar-refractivity contribution in [1.29, 1.82) is 0 Å². The number of sulfonamides is 1. The second kappa shape index (κ2) is 19.9. The third-order valence-electron chi connectivity index (χ3n) is 9.63. The van der Waals surface area contributed by atoms with Gasteiger partial charge in [-0.25, -0.2) is 17.5 Å². The van der Waals surface area contributed by atoms with Crippen molar-refractivity contribution in [3.8, 4) is 11.1 Å². The van der Waals surface area contributed by atoms with E-state index in [4.69, 9.17) is 11.6 Å². The minimum atomic E-state index is -4.46. The number of nitrogens with one attached hydrogen (secondary N) is 3. The van der Waals surface area contributed by atoms with Crippen LogP contribution in [0.1, 0.15) is 22.3 Å². The fourth-order valence-corrected chi connectivity index (χ4v) is 8.70. The van der Waals surface area contributed by atoms with Gasteiger partial charge in [0.2, 0.25) is 0 Å². The number of nitro benzene ring substituents is 1. The van der Waals surface area contributed by atoms with Crippen LogP contribution >= 0.6 is 23.4 Å². The maximum Gasteiger partial charge on any atom is 0.293 e. The topological polar surface area (TPSA) is 137 Å². The van der Waals surface area contributed by atoms with Gasteiger partial charge in [-0.1, -0.05) is 66.2 Å². The summed E-state index contributed by atoms with van der Waals surface area (Å²) in [6.45, 7) is 4.18. The van der Waals surface area contributed by atoms with Crippen LogP contribution in [-0.4, -0.2) is 81.9 Å².